The van der Waals surface area contributed by atoms with Gasteiger partial charge in [-0.1, -0.05) is 59.8 Å². The molecule has 0 atom stereocenters. The summed E-state index contributed by atoms with van der Waals surface area (Å²) >= 11 is 2.56. The molecular weight excluding hydrogens is 463 g/mol. The minimum absolute atomic E-state index is 0.129. The van der Waals surface area contributed by atoms with Crippen molar-refractivity contribution >= 4 is 34.1 Å². The van der Waals surface area contributed by atoms with Crippen molar-refractivity contribution in [3.05, 3.63) is 71.7 Å². The topological polar surface area (TPSA) is 90.1 Å². The van der Waals surface area contributed by atoms with Gasteiger partial charge in [0.05, 0.1) is 6.61 Å². The highest BCUT2D eigenvalue weighted by atomic mass is 32.2. The first kappa shape index (κ1) is 22.9. The molecule has 0 aliphatic heterocycles. The van der Waals surface area contributed by atoms with E-state index in [1.807, 2.05) is 24.3 Å². The van der Waals surface area contributed by atoms with Crippen LogP contribution in [0.1, 0.15) is 35.8 Å². The number of aromatic nitrogens is 3. The fourth-order valence-electron chi connectivity index (χ4n) is 2.80. The van der Waals surface area contributed by atoms with E-state index >= 15 is 0 Å². The second-order valence-electron chi connectivity index (χ2n) is 7.01. The molecule has 170 valence electrons. The predicted molar refractivity (Wildman–Crippen MR) is 126 cm³/mol. The Morgan fingerprint density at radius 3 is 2.79 bits per heavy atom. The number of ether oxygens (including phenoxy) is 1. The van der Waals surface area contributed by atoms with E-state index in [1.165, 1.54) is 29.2 Å². The van der Waals surface area contributed by atoms with Gasteiger partial charge in [0.25, 0.3) is 5.91 Å². The lowest BCUT2D eigenvalue weighted by atomic mass is 10.1. The third-order valence-electron chi connectivity index (χ3n) is 4.58. The van der Waals surface area contributed by atoms with Crippen LogP contribution in [0.3, 0.4) is 0 Å². The lowest BCUT2D eigenvalue weighted by Gasteiger charge is -2.05. The first-order valence-electron chi connectivity index (χ1n) is 10.3. The van der Waals surface area contributed by atoms with Gasteiger partial charge in [-0.15, -0.1) is 10.2 Å². The molecule has 0 spiro atoms. The first-order valence-corrected chi connectivity index (χ1v) is 12.1. The predicted octanol–water partition coefficient (Wildman–Crippen LogP) is 6.06. The molecule has 0 saturated heterocycles. The van der Waals surface area contributed by atoms with Gasteiger partial charge in [0.2, 0.25) is 5.13 Å². The standard InChI is InChI=1S/C23H21FN4O3S2/c1-2-3-12-30-17-10-8-15(9-11-17)20-13-19(28-31-20)21(29)25-22-26-27-23(33-22)32-14-16-6-4-5-7-18(16)24/h4-11,13H,2-3,12,14H2,1H3,(H,25,26,29). The van der Waals surface area contributed by atoms with E-state index in [9.17, 15) is 9.18 Å². The third kappa shape index (κ3) is 6.17. The number of halogens is 1. The maximum absolute atomic E-state index is 13.7. The van der Waals surface area contributed by atoms with Crippen molar-refractivity contribution in [2.24, 2.45) is 0 Å². The molecule has 0 saturated carbocycles. The zero-order valence-electron chi connectivity index (χ0n) is 17.8. The molecule has 2 aromatic heterocycles. The highest BCUT2D eigenvalue weighted by Crippen LogP contribution is 2.29. The zero-order chi connectivity index (χ0) is 23.0. The van der Waals surface area contributed by atoms with Crippen LogP contribution in [0.25, 0.3) is 11.3 Å². The summed E-state index contributed by atoms with van der Waals surface area (Å²) in [5.41, 5.74) is 1.50. The SMILES string of the molecule is CCCCOc1ccc(-c2cc(C(=O)Nc3nnc(SCc4ccccc4F)s3)no2)cc1. The average molecular weight is 485 g/mol. The van der Waals surface area contributed by atoms with Crippen molar-refractivity contribution in [3.63, 3.8) is 0 Å². The molecule has 0 fully saturated rings. The number of hydrogen-bond acceptors (Lipinski definition) is 8. The maximum atomic E-state index is 13.7. The monoisotopic (exact) mass is 484 g/mol. The molecule has 2 aromatic carbocycles. The smallest absolute Gasteiger partial charge is 0.279 e. The van der Waals surface area contributed by atoms with E-state index in [4.69, 9.17) is 9.26 Å². The van der Waals surface area contributed by atoms with Gasteiger partial charge in [0.15, 0.2) is 15.8 Å². The number of anilines is 1. The van der Waals surface area contributed by atoms with E-state index in [0.29, 0.717) is 33.2 Å². The number of amides is 1. The second-order valence-corrected chi connectivity index (χ2v) is 9.21. The van der Waals surface area contributed by atoms with Gasteiger partial charge in [-0.25, -0.2) is 4.39 Å². The van der Waals surface area contributed by atoms with Gasteiger partial charge >= 0.3 is 0 Å². The van der Waals surface area contributed by atoms with Gasteiger partial charge in [-0.2, -0.15) is 0 Å². The fraction of sp³-hybridized carbons (Fsp3) is 0.217. The van der Waals surface area contributed by atoms with Crippen molar-refractivity contribution in [2.45, 2.75) is 29.9 Å². The van der Waals surface area contributed by atoms with Crippen LogP contribution in [0, 0.1) is 5.82 Å². The number of nitrogens with zero attached hydrogens (tertiary/aromatic N) is 3. The lowest BCUT2D eigenvalue weighted by molar-refractivity contribution is 0.101. The first-order chi connectivity index (χ1) is 16.1. The Labute approximate surface area is 198 Å². The number of carbonyl (C=O) groups excluding carboxylic acids is 1. The molecule has 1 N–H and O–H groups in total. The molecule has 4 rings (SSSR count). The van der Waals surface area contributed by atoms with Crippen LogP contribution >= 0.6 is 23.1 Å². The Morgan fingerprint density at radius 2 is 2.00 bits per heavy atom. The number of carbonyl (C=O) groups is 1. The Kier molecular flexibility index (Phi) is 7.69. The van der Waals surface area contributed by atoms with Gasteiger partial charge in [-0.05, 0) is 42.3 Å². The maximum Gasteiger partial charge on any atom is 0.279 e. The molecule has 4 aromatic rings. The largest absolute Gasteiger partial charge is 0.494 e. The summed E-state index contributed by atoms with van der Waals surface area (Å²) in [5, 5.41) is 14.9. The number of hydrogen-bond donors (Lipinski definition) is 1. The molecular formula is C23H21FN4O3S2. The zero-order valence-corrected chi connectivity index (χ0v) is 19.4. The van der Waals surface area contributed by atoms with Gasteiger partial charge in [-0.3, -0.25) is 10.1 Å². The summed E-state index contributed by atoms with van der Waals surface area (Å²) < 4.78 is 25.3. The molecule has 0 unspecified atom stereocenters. The average Bonchev–Trinajstić information content (AvgIpc) is 3.49. The molecule has 0 aliphatic carbocycles. The van der Waals surface area contributed by atoms with Crippen molar-refractivity contribution in [1.82, 2.24) is 15.4 Å². The minimum Gasteiger partial charge on any atom is -0.494 e. The van der Waals surface area contributed by atoms with Crippen molar-refractivity contribution < 1.29 is 18.4 Å². The molecule has 0 aliphatic rings. The Balaban J connectivity index is 1.33. The molecule has 7 nitrogen and oxygen atoms in total. The lowest BCUT2D eigenvalue weighted by Crippen LogP contribution is -2.11. The van der Waals surface area contributed by atoms with Gasteiger partial charge in [0.1, 0.15) is 11.6 Å². The van der Waals surface area contributed by atoms with Gasteiger partial charge in [0, 0.05) is 17.4 Å². The van der Waals surface area contributed by atoms with Gasteiger partial charge < -0.3 is 9.26 Å². The quantitative estimate of drug-likeness (QED) is 0.166. The number of thioether (sulfide) groups is 1. The fourth-order valence-corrected chi connectivity index (χ4v) is 4.54. The minimum atomic E-state index is -0.452. The van der Waals surface area contributed by atoms with E-state index in [1.54, 1.807) is 24.3 Å². The molecule has 10 heteroatoms. The van der Waals surface area contributed by atoms with Crippen LogP contribution < -0.4 is 10.1 Å². The molecule has 0 bridgehead atoms. The van der Waals surface area contributed by atoms with Crippen LogP contribution in [0.5, 0.6) is 5.75 Å². The van der Waals surface area contributed by atoms with Crippen molar-refractivity contribution in [3.8, 4) is 17.1 Å². The number of benzene rings is 2. The highest BCUT2D eigenvalue weighted by molar-refractivity contribution is 8.00. The molecule has 0 radical (unpaired) electrons. The molecule has 33 heavy (non-hydrogen) atoms. The number of nitrogens with one attached hydrogen (secondary N) is 1. The van der Waals surface area contributed by atoms with E-state index < -0.39 is 5.91 Å². The Morgan fingerprint density at radius 1 is 1.18 bits per heavy atom. The summed E-state index contributed by atoms with van der Waals surface area (Å²) in [6.07, 6.45) is 2.08. The van der Waals surface area contributed by atoms with E-state index in [2.05, 4.69) is 27.6 Å². The van der Waals surface area contributed by atoms with Crippen LogP contribution in [0.15, 0.2) is 63.5 Å². The number of unbranched alkanes of at least 4 members (excludes halogenated alkanes) is 1. The van der Waals surface area contributed by atoms with E-state index in [-0.39, 0.29) is 11.5 Å². The highest BCUT2D eigenvalue weighted by Gasteiger charge is 2.16. The Hall–Kier alpha value is -3.24. The van der Waals surface area contributed by atoms with Crippen LogP contribution in [0.4, 0.5) is 9.52 Å². The third-order valence-corrected chi connectivity index (χ3v) is 6.60. The van der Waals surface area contributed by atoms with E-state index in [0.717, 1.165) is 24.2 Å². The summed E-state index contributed by atoms with van der Waals surface area (Å²) in [4.78, 5) is 12.5. The molecule has 1 amide bonds. The second kappa shape index (κ2) is 11.1. The molecule has 2 heterocycles. The van der Waals surface area contributed by atoms with Crippen LogP contribution in [-0.2, 0) is 5.75 Å². The summed E-state index contributed by atoms with van der Waals surface area (Å²) in [7, 11) is 0. The summed E-state index contributed by atoms with van der Waals surface area (Å²) in [5.74, 6) is 0.961. The van der Waals surface area contributed by atoms with Crippen molar-refractivity contribution in [2.75, 3.05) is 11.9 Å². The summed E-state index contributed by atoms with van der Waals surface area (Å²) in [6.45, 7) is 2.79. The van der Waals surface area contributed by atoms with Crippen LogP contribution in [-0.4, -0.2) is 27.9 Å². The normalized spacial score (nSPS) is 10.8. The number of rotatable bonds is 10. The van der Waals surface area contributed by atoms with Crippen molar-refractivity contribution in [1.29, 1.82) is 0 Å². The summed E-state index contributed by atoms with van der Waals surface area (Å²) in [6, 6.07) is 15.6. The Bertz CT molecular complexity index is 1210. The van der Waals surface area contributed by atoms with Crippen LogP contribution in [0.2, 0.25) is 0 Å².